The molecule has 1 saturated heterocycles. The van der Waals surface area contributed by atoms with Crippen LogP contribution in [0.4, 0.5) is 10.1 Å². The Kier molecular flexibility index (Phi) is 5.87. The predicted octanol–water partition coefficient (Wildman–Crippen LogP) is 2.30. The molecule has 1 N–H and O–H groups in total. The van der Waals surface area contributed by atoms with Crippen molar-refractivity contribution in [3.63, 3.8) is 0 Å². The van der Waals surface area contributed by atoms with E-state index in [1.54, 1.807) is 18.2 Å². The van der Waals surface area contributed by atoms with E-state index >= 15 is 0 Å². The highest BCUT2D eigenvalue weighted by Gasteiger charge is 2.28. The second kappa shape index (κ2) is 8.17. The summed E-state index contributed by atoms with van der Waals surface area (Å²) in [6, 6.07) is 9.30. The van der Waals surface area contributed by atoms with Crippen LogP contribution in [0.1, 0.15) is 27.6 Å². The average Bonchev–Trinajstić information content (AvgIpc) is 2.69. The molecule has 2 aromatic rings. The zero-order valence-corrected chi connectivity index (χ0v) is 16.0. The third-order valence-electron chi connectivity index (χ3n) is 4.32. The van der Waals surface area contributed by atoms with Gasteiger partial charge in [-0.2, -0.15) is 4.31 Å². The Hall–Kier alpha value is -2.62. The van der Waals surface area contributed by atoms with E-state index in [0.717, 1.165) is 18.2 Å². The summed E-state index contributed by atoms with van der Waals surface area (Å²) in [6.07, 6.45) is 0. The van der Waals surface area contributed by atoms with Gasteiger partial charge in [-0.3, -0.25) is 9.59 Å². The van der Waals surface area contributed by atoms with Crippen molar-refractivity contribution in [1.82, 2.24) is 4.31 Å². The number of halogens is 1. The molecule has 1 heterocycles. The van der Waals surface area contributed by atoms with Crippen molar-refractivity contribution in [3.8, 4) is 0 Å². The normalized spacial score (nSPS) is 15.2. The Morgan fingerprint density at radius 1 is 1.11 bits per heavy atom. The Labute approximate surface area is 162 Å². The van der Waals surface area contributed by atoms with Gasteiger partial charge < -0.3 is 10.1 Å². The molecular weight excluding hydrogens is 387 g/mol. The summed E-state index contributed by atoms with van der Waals surface area (Å²) in [7, 11) is -3.86. The van der Waals surface area contributed by atoms with Crippen LogP contribution in [0.5, 0.6) is 0 Å². The molecule has 1 fully saturated rings. The van der Waals surface area contributed by atoms with E-state index in [0.29, 0.717) is 11.3 Å². The smallest absolute Gasteiger partial charge is 0.258 e. The molecule has 0 atom stereocenters. The molecule has 9 heteroatoms. The first kappa shape index (κ1) is 20.1. The molecule has 0 aromatic heterocycles. The Morgan fingerprint density at radius 3 is 2.50 bits per heavy atom. The van der Waals surface area contributed by atoms with E-state index in [1.165, 1.54) is 17.3 Å². The summed E-state index contributed by atoms with van der Waals surface area (Å²) in [6.45, 7) is 2.33. The lowest BCUT2D eigenvalue weighted by atomic mass is 10.1. The minimum Gasteiger partial charge on any atom is -0.379 e. The zero-order chi connectivity index (χ0) is 20.3. The molecule has 28 heavy (non-hydrogen) atoms. The maximum Gasteiger partial charge on any atom is 0.258 e. The highest BCUT2D eigenvalue weighted by molar-refractivity contribution is 7.89. The van der Waals surface area contributed by atoms with Gasteiger partial charge in [0.2, 0.25) is 10.0 Å². The van der Waals surface area contributed by atoms with Crippen LogP contribution < -0.4 is 5.32 Å². The van der Waals surface area contributed by atoms with Gasteiger partial charge in [0, 0.05) is 24.3 Å². The first-order valence-electron chi connectivity index (χ1n) is 8.59. The molecule has 1 amide bonds. The zero-order valence-electron chi connectivity index (χ0n) is 15.1. The molecule has 148 valence electrons. The second-order valence-corrected chi connectivity index (χ2v) is 8.19. The molecular formula is C19H19FN2O5S. The maximum absolute atomic E-state index is 14.2. The number of morpholine rings is 1. The third-order valence-corrected chi connectivity index (χ3v) is 6.21. The van der Waals surface area contributed by atoms with E-state index in [9.17, 15) is 22.4 Å². The largest absolute Gasteiger partial charge is 0.379 e. The van der Waals surface area contributed by atoms with E-state index in [-0.39, 0.29) is 37.0 Å². The third kappa shape index (κ3) is 4.27. The van der Waals surface area contributed by atoms with Gasteiger partial charge in [-0.1, -0.05) is 12.1 Å². The van der Waals surface area contributed by atoms with Gasteiger partial charge in [0.15, 0.2) is 5.78 Å². The van der Waals surface area contributed by atoms with Crippen LogP contribution in [0.25, 0.3) is 0 Å². The Morgan fingerprint density at radius 2 is 1.82 bits per heavy atom. The van der Waals surface area contributed by atoms with Crippen molar-refractivity contribution in [2.75, 3.05) is 31.6 Å². The molecule has 0 unspecified atom stereocenters. The van der Waals surface area contributed by atoms with Crippen LogP contribution in [0, 0.1) is 5.82 Å². The summed E-state index contributed by atoms with van der Waals surface area (Å²) in [5, 5.41) is 2.49. The molecule has 2 aromatic carbocycles. The summed E-state index contributed by atoms with van der Waals surface area (Å²) < 4.78 is 46.1. The monoisotopic (exact) mass is 406 g/mol. The molecule has 1 aliphatic heterocycles. The van der Waals surface area contributed by atoms with Gasteiger partial charge in [-0.25, -0.2) is 12.8 Å². The first-order valence-corrected chi connectivity index (χ1v) is 10.0. The van der Waals surface area contributed by atoms with E-state index in [1.807, 2.05) is 0 Å². The highest BCUT2D eigenvalue weighted by atomic mass is 32.2. The van der Waals surface area contributed by atoms with Crippen LogP contribution in [-0.4, -0.2) is 50.7 Å². The number of benzene rings is 2. The topological polar surface area (TPSA) is 92.8 Å². The fourth-order valence-corrected chi connectivity index (χ4v) is 4.22. The average molecular weight is 406 g/mol. The maximum atomic E-state index is 14.2. The number of carbonyl (C=O) groups is 2. The Balaban J connectivity index is 1.88. The minimum absolute atomic E-state index is 0.168. The fraction of sp³-hybridized carbons (Fsp3) is 0.263. The summed E-state index contributed by atoms with van der Waals surface area (Å²) >= 11 is 0. The molecule has 0 spiro atoms. The van der Waals surface area contributed by atoms with Crippen molar-refractivity contribution >= 4 is 27.4 Å². The number of sulfonamides is 1. The number of ether oxygens (including phenoxy) is 1. The van der Waals surface area contributed by atoms with Crippen LogP contribution in [-0.2, 0) is 14.8 Å². The lowest BCUT2D eigenvalue weighted by molar-refractivity contribution is 0.0730. The molecule has 0 saturated carbocycles. The van der Waals surface area contributed by atoms with Gasteiger partial charge in [-0.15, -0.1) is 0 Å². The number of hydrogen-bond donors (Lipinski definition) is 1. The lowest BCUT2D eigenvalue weighted by Crippen LogP contribution is -2.40. The number of ketones is 1. The number of anilines is 1. The molecule has 0 aliphatic carbocycles. The van der Waals surface area contributed by atoms with Crippen molar-refractivity contribution in [2.24, 2.45) is 0 Å². The van der Waals surface area contributed by atoms with E-state index < -0.39 is 27.3 Å². The standard InChI is InChI=1S/C19H19FN2O5S/c1-13(23)14-3-2-4-15(11-14)21-19(24)17-12-16(5-6-18(17)20)28(25,26)22-7-9-27-10-8-22/h2-6,11-12H,7-10H2,1H3,(H,21,24). The summed E-state index contributed by atoms with van der Waals surface area (Å²) in [5.74, 6) is -1.83. The van der Waals surface area contributed by atoms with Crippen molar-refractivity contribution in [1.29, 1.82) is 0 Å². The quantitative estimate of drug-likeness (QED) is 0.769. The molecule has 1 aliphatic rings. The SMILES string of the molecule is CC(=O)c1cccc(NC(=O)c2cc(S(=O)(=O)N3CCOCC3)ccc2F)c1. The van der Waals surface area contributed by atoms with Crippen LogP contribution in [0.3, 0.4) is 0 Å². The number of hydrogen-bond acceptors (Lipinski definition) is 5. The molecule has 0 bridgehead atoms. The lowest BCUT2D eigenvalue weighted by Gasteiger charge is -2.26. The second-order valence-electron chi connectivity index (χ2n) is 6.25. The van der Waals surface area contributed by atoms with Gasteiger partial charge >= 0.3 is 0 Å². The number of Topliss-reactive ketones (excluding diaryl/α,β-unsaturated/α-hetero) is 1. The van der Waals surface area contributed by atoms with E-state index in [4.69, 9.17) is 4.74 Å². The summed E-state index contributed by atoms with van der Waals surface area (Å²) in [5.41, 5.74) is 0.294. The van der Waals surface area contributed by atoms with Crippen molar-refractivity contribution < 1.29 is 27.1 Å². The van der Waals surface area contributed by atoms with Gasteiger partial charge in [0.1, 0.15) is 5.82 Å². The Bertz CT molecular complexity index is 1020. The molecule has 3 rings (SSSR count). The number of rotatable bonds is 5. The van der Waals surface area contributed by atoms with Gasteiger partial charge in [-0.05, 0) is 37.3 Å². The van der Waals surface area contributed by atoms with Crippen LogP contribution >= 0.6 is 0 Å². The number of carbonyl (C=O) groups excluding carboxylic acids is 2. The van der Waals surface area contributed by atoms with Crippen LogP contribution in [0.15, 0.2) is 47.4 Å². The van der Waals surface area contributed by atoms with Gasteiger partial charge in [0.05, 0.1) is 23.7 Å². The first-order chi connectivity index (χ1) is 13.3. The van der Waals surface area contributed by atoms with Crippen LogP contribution in [0.2, 0.25) is 0 Å². The molecule has 7 nitrogen and oxygen atoms in total. The number of nitrogens with one attached hydrogen (secondary N) is 1. The number of amides is 1. The fourth-order valence-electron chi connectivity index (χ4n) is 2.79. The number of nitrogens with zero attached hydrogens (tertiary/aromatic N) is 1. The predicted molar refractivity (Wildman–Crippen MR) is 100 cm³/mol. The van der Waals surface area contributed by atoms with Gasteiger partial charge in [0.25, 0.3) is 5.91 Å². The minimum atomic E-state index is -3.86. The van der Waals surface area contributed by atoms with Crippen molar-refractivity contribution in [2.45, 2.75) is 11.8 Å². The highest BCUT2D eigenvalue weighted by Crippen LogP contribution is 2.21. The van der Waals surface area contributed by atoms with E-state index in [2.05, 4.69) is 5.32 Å². The summed E-state index contributed by atoms with van der Waals surface area (Å²) in [4.78, 5) is 23.8. The van der Waals surface area contributed by atoms with Crippen molar-refractivity contribution in [3.05, 3.63) is 59.4 Å². The molecule has 0 radical (unpaired) electrons.